The van der Waals surface area contributed by atoms with Crippen molar-refractivity contribution in [2.24, 2.45) is 14.1 Å². The fourth-order valence-corrected chi connectivity index (χ4v) is 5.62. The highest BCUT2D eigenvalue weighted by molar-refractivity contribution is 6.20. The van der Waals surface area contributed by atoms with Crippen LogP contribution in [-0.4, -0.2) is 35.9 Å². The Morgan fingerprint density at radius 2 is 1.07 bits per heavy atom. The van der Waals surface area contributed by atoms with E-state index in [-0.39, 0.29) is 57.5 Å². The third-order valence-corrected chi connectivity index (χ3v) is 7.94. The molecule has 14 nitrogen and oxygen atoms in total. The first-order valence-corrected chi connectivity index (χ1v) is 16.2. The zero-order chi connectivity index (χ0) is 45.9. The van der Waals surface area contributed by atoms with Crippen LogP contribution in [0.2, 0.25) is 0 Å². The quantitative estimate of drug-likeness (QED) is 0.184. The molecule has 0 amide bonds. The molecule has 0 aliphatic heterocycles. The van der Waals surface area contributed by atoms with Gasteiger partial charge in [-0.05, 0) is 69.5 Å². The third-order valence-electron chi connectivity index (χ3n) is 7.78. The number of hydrogen-bond donors (Lipinski definition) is 0. The second kappa shape index (κ2) is 21.7. The molecule has 320 valence electrons. The van der Waals surface area contributed by atoms with Crippen LogP contribution >= 0.6 is 11.6 Å². The van der Waals surface area contributed by atoms with Crippen LogP contribution in [0, 0.1) is 48.1 Å². The lowest BCUT2D eigenvalue weighted by molar-refractivity contribution is -0.193. The number of alkyl halides is 7. The minimum atomic E-state index is -4.93. The fourth-order valence-electron chi connectivity index (χ4n) is 5.45. The predicted octanol–water partition coefficient (Wildman–Crippen LogP) is 5.42. The number of aromatic nitrogens is 4. The first-order valence-electron chi connectivity index (χ1n) is 15.8. The zero-order valence-corrected chi connectivity index (χ0v) is 31.9. The second-order valence-electron chi connectivity index (χ2n) is 11.6. The number of nitrogens with zero attached hydrogens (tertiary/aromatic N) is 6. The van der Waals surface area contributed by atoms with Crippen molar-refractivity contribution in [2.75, 3.05) is 0 Å². The van der Waals surface area contributed by atoms with Gasteiger partial charge in [0.2, 0.25) is 0 Å². The van der Waals surface area contributed by atoms with Gasteiger partial charge in [0.15, 0.2) is 0 Å². The standard InChI is InChI=1S/C17H14ClF4N3O2.C17H13F4N3O2.2CO2.CH4/c1-8(18)4-10-6-13(12(19)5-11(10)7-23)25-15(26)9(2)14(17(20,21)22)24(3)16(25)27;1-4-5-10-7-13(12(18)6-11(10)8-22)24-15(25)9(2)14(17(19,20)21)23(3)16(24)26;2*2-1-3;/h5-6,8H,4H2,1-3H3;4-7H,1-3H3;;;1H4/b;5-4-;;;. The number of carbonyl (C=O) groups excluding carboxylic acids is 4. The molecule has 60 heavy (non-hydrogen) atoms. The molecular weight excluding hydrogens is 844 g/mol. The summed E-state index contributed by atoms with van der Waals surface area (Å²) >= 11 is 5.90. The lowest BCUT2D eigenvalue weighted by atomic mass is 10.0. The van der Waals surface area contributed by atoms with E-state index in [0.29, 0.717) is 9.13 Å². The summed E-state index contributed by atoms with van der Waals surface area (Å²) in [6.07, 6.45) is -6.22. The molecule has 4 aromatic rings. The molecule has 0 N–H and O–H groups in total. The molecule has 0 fully saturated rings. The van der Waals surface area contributed by atoms with E-state index in [9.17, 15) is 54.3 Å². The largest absolute Gasteiger partial charge is 0.432 e. The van der Waals surface area contributed by atoms with Gasteiger partial charge in [-0.25, -0.2) is 27.5 Å². The highest BCUT2D eigenvalue weighted by Crippen LogP contribution is 2.31. The van der Waals surface area contributed by atoms with E-state index in [2.05, 4.69) is 0 Å². The zero-order valence-electron chi connectivity index (χ0n) is 31.1. The van der Waals surface area contributed by atoms with Gasteiger partial charge in [-0.2, -0.15) is 56.0 Å². The predicted molar refractivity (Wildman–Crippen MR) is 194 cm³/mol. The van der Waals surface area contributed by atoms with Gasteiger partial charge in [0.1, 0.15) is 23.0 Å². The third kappa shape index (κ3) is 11.8. The molecule has 1 atom stereocenters. The maximum atomic E-state index is 14.5. The smallest absolute Gasteiger partial charge is 0.292 e. The van der Waals surface area contributed by atoms with Crippen LogP contribution < -0.4 is 22.5 Å². The maximum absolute atomic E-state index is 14.5. The first-order chi connectivity index (χ1) is 27.3. The van der Waals surface area contributed by atoms with Gasteiger partial charge < -0.3 is 0 Å². The van der Waals surface area contributed by atoms with Crippen molar-refractivity contribution in [1.82, 2.24) is 18.3 Å². The molecule has 0 aliphatic carbocycles. The topological polar surface area (TPSA) is 204 Å². The van der Waals surface area contributed by atoms with E-state index >= 15 is 0 Å². The highest BCUT2D eigenvalue weighted by atomic mass is 35.5. The van der Waals surface area contributed by atoms with Gasteiger partial charge in [-0.1, -0.05) is 19.6 Å². The molecule has 2 aromatic carbocycles. The van der Waals surface area contributed by atoms with Crippen LogP contribution in [0.15, 0.2) is 49.5 Å². The molecule has 1 unspecified atom stereocenters. The Morgan fingerprint density at radius 3 is 1.38 bits per heavy atom. The van der Waals surface area contributed by atoms with Crippen LogP contribution in [0.5, 0.6) is 0 Å². The Morgan fingerprint density at radius 1 is 0.717 bits per heavy atom. The lowest BCUT2D eigenvalue weighted by Crippen LogP contribution is -2.43. The Kier molecular flexibility index (Phi) is 19.2. The number of benzene rings is 2. The second-order valence-corrected chi connectivity index (χ2v) is 12.4. The molecular formula is C37H31ClF8N6O8. The normalized spacial score (nSPS) is 11.1. The van der Waals surface area contributed by atoms with Gasteiger partial charge in [0.25, 0.3) is 11.1 Å². The molecule has 23 heteroatoms. The summed E-state index contributed by atoms with van der Waals surface area (Å²) in [5.41, 5.74) is -10.2. The molecule has 4 rings (SSSR count). The van der Waals surface area contributed by atoms with Gasteiger partial charge in [-0.3, -0.25) is 18.7 Å². The molecule has 2 heterocycles. The number of nitriles is 2. The Balaban J connectivity index is 0.00000101. The molecule has 0 saturated heterocycles. The molecule has 0 aliphatic rings. The minimum absolute atomic E-state index is 0. The SMILES string of the molecule is C.C/C=C\c1cc(-n2c(=O)c(C)c(C(F)(F)F)n(C)c2=O)c(F)cc1C#N.Cc1c(C(F)(F)F)n(C)c(=O)n(-c2cc(CC(C)Cl)c(C#N)cc2F)c1=O.O=C=O.O=C=O. The summed E-state index contributed by atoms with van der Waals surface area (Å²) in [6, 6.07) is 7.36. The number of halogens is 9. The molecule has 2 aromatic heterocycles. The maximum Gasteiger partial charge on any atom is 0.432 e. The Bertz CT molecular complexity index is 2600. The number of rotatable bonds is 5. The molecule has 0 saturated carbocycles. The lowest BCUT2D eigenvalue weighted by Gasteiger charge is -2.18. The van der Waals surface area contributed by atoms with Crippen LogP contribution in [0.4, 0.5) is 35.1 Å². The van der Waals surface area contributed by atoms with E-state index in [1.807, 2.05) is 0 Å². The van der Waals surface area contributed by atoms with Crippen molar-refractivity contribution >= 4 is 30.0 Å². The summed E-state index contributed by atoms with van der Waals surface area (Å²) in [7, 11) is 1.69. The average Bonchev–Trinajstić information content (AvgIpc) is 3.12. The van der Waals surface area contributed by atoms with E-state index in [1.54, 1.807) is 32.1 Å². The van der Waals surface area contributed by atoms with Crippen molar-refractivity contribution in [3.8, 4) is 23.5 Å². The van der Waals surface area contributed by atoms with Crippen LogP contribution in [0.1, 0.15) is 66.0 Å². The summed E-state index contributed by atoms with van der Waals surface area (Å²) in [4.78, 5) is 82.1. The average molecular weight is 875 g/mol. The van der Waals surface area contributed by atoms with Gasteiger partial charge in [0, 0.05) is 30.6 Å². The van der Waals surface area contributed by atoms with Gasteiger partial charge >= 0.3 is 36.0 Å². The summed E-state index contributed by atoms with van der Waals surface area (Å²) in [6.45, 7) is 5.08. The first kappa shape index (κ1) is 53.0. The van der Waals surface area contributed by atoms with Crippen molar-refractivity contribution in [3.05, 3.63) is 128 Å². The highest BCUT2D eigenvalue weighted by Gasteiger charge is 2.39. The number of hydrogen-bond acceptors (Lipinski definition) is 10. The van der Waals surface area contributed by atoms with E-state index in [0.717, 1.165) is 52.2 Å². The van der Waals surface area contributed by atoms with Crippen LogP contribution in [0.25, 0.3) is 17.5 Å². The van der Waals surface area contributed by atoms with Crippen molar-refractivity contribution in [1.29, 1.82) is 10.5 Å². The summed E-state index contributed by atoms with van der Waals surface area (Å²) < 4.78 is 109. The van der Waals surface area contributed by atoms with Gasteiger partial charge in [0.05, 0.1) is 34.6 Å². The van der Waals surface area contributed by atoms with Crippen molar-refractivity contribution in [2.45, 2.75) is 59.3 Å². The van der Waals surface area contributed by atoms with E-state index in [4.69, 9.17) is 41.3 Å². The van der Waals surface area contributed by atoms with Crippen LogP contribution in [0.3, 0.4) is 0 Å². The van der Waals surface area contributed by atoms with Crippen molar-refractivity contribution < 1.29 is 54.3 Å². The Hall–Kier alpha value is -6.99. The monoisotopic (exact) mass is 874 g/mol. The van der Waals surface area contributed by atoms with Gasteiger partial charge in [-0.15, -0.1) is 11.6 Å². The van der Waals surface area contributed by atoms with E-state index < -0.39 is 85.8 Å². The Labute approximate surface area is 338 Å². The van der Waals surface area contributed by atoms with E-state index in [1.165, 1.54) is 6.08 Å². The van der Waals surface area contributed by atoms with Crippen LogP contribution in [-0.2, 0) is 52.0 Å². The molecule has 0 spiro atoms. The van der Waals surface area contributed by atoms with Crippen molar-refractivity contribution in [3.63, 3.8) is 0 Å². The summed E-state index contributed by atoms with van der Waals surface area (Å²) in [5, 5.41) is 17.7. The fraction of sp³-hybridized carbons (Fsp3) is 0.297. The molecule has 0 bridgehead atoms. The minimum Gasteiger partial charge on any atom is -0.292 e. The molecule has 0 radical (unpaired) electrons. The summed E-state index contributed by atoms with van der Waals surface area (Å²) in [5.74, 6) is -2.16. The number of allylic oxidation sites excluding steroid dienone is 1.